The van der Waals surface area contributed by atoms with Crippen LogP contribution in [0, 0.1) is 0 Å². The second kappa shape index (κ2) is 12.2. The van der Waals surface area contributed by atoms with E-state index in [2.05, 4.69) is 38.9 Å². The van der Waals surface area contributed by atoms with Crippen LogP contribution in [0.1, 0.15) is 13.8 Å². The molecule has 2 amide bonds. The molecular weight excluding hydrogens is 500 g/mol. The molecule has 3 aromatic rings. The number of benzene rings is 1. The summed E-state index contributed by atoms with van der Waals surface area (Å²) in [6.45, 7) is 10.1. The van der Waals surface area contributed by atoms with Crippen LogP contribution in [0.2, 0.25) is 5.22 Å². The van der Waals surface area contributed by atoms with E-state index in [1.807, 2.05) is 18.2 Å². The molecule has 3 heterocycles. The van der Waals surface area contributed by atoms with Gasteiger partial charge in [0.15, 0.2) is 11.0 Å². The van der Waals surface area contributed by atoms with E-state index >= 15 is 0 Å². The van der Waals surface area contributed by atoms with Crippen LogP contribution in [-0.4, -0.2) is 92.4 Å². The third kappa shape index (κ3) is 6.47. The summed E-state index contributed by atoms with van der Waals surface area (Å²) < 4.78 is 22.1. The third-order valence-electron chi connectivity index (χ3n) is 6.32. The van der Waals surface area contributed by atoms with Gasteiger partial charge < -0.3 is 33.3 Å². The molecule has 1 fully saturated rings. The van der Waals surface area contributed by atoms with Crippen LogP contribution in [-0.2, 0) is 0 Å². The van der Waals surface area contributed by atoms with Gasteiger partial charge in [-0.05, 0) is 24.7 Å². The summed E-state index contributed by atoms with van der Waals surface area (Å²) in [6.07, 6.45) is 0. The third-order valence-corrected chi connectivity index (χ3v) is 6.51. The van der Waals surface area contributed by atoms with Gasteiger partial charge in [0, 0.05) is 62.7 Å². The van der Waals surface area contributed by atoms with Crippen molar-refractivity contribution in [1.82, 2.24) is 19.8 Å². The second-order valence-electron chi connectivity index (χ2n) is 8.47. The molecule has 200 valence electrons. The molecule has 1 aliphatic rings. The Morgan fingerprint density at radius 2 is 1.78 bits per heavy atom. The van der Waals surface area contributed by atoms with Gasteiger partial charge in [-0.3, -0.25) is 5.32 Å². The van der Waals surface area contributed by atoms with Crippen molar-refractivity contribution in [3.8, 4) is 17.4 Å². The van der Waals surface area contributed by atoms with Crippen molar-refractivity contribution >= 4 is 40.4 Å². The number of amides is 2. The highest BCUT2D eigenvalue weighted by molar-refractivity contribution is 6.29. The number of piperazine rings is 1. The standard InChI is InChI=1S/C25H33ClN6O5/c1-5-30(6-2)11-12-36-19-14-17(13-18(15-19)34-3)31-7-9-32(10-8-31)25(33)28-22-24(35-4)29-23-20(27-22)16-21(26)37-23/h13-16H,5-12H2,1-4H3,(H,27,28,33). The molecule has 0 radical (unpaired) electrons. The topological polar surface area (TPSA) is 105 Å². The Kier molecular flexibility index (Phi) is 8.78. The number of furan rings is 1. The Labute approximate surface area is 221 Å². The molecule has 1 aliphatic heterocycles. The van der Waals surface area contributed by atoms with Crippen molar-refractivity contribution in [3.05, 3.63) is 29.5 Å². The van der Waals surface area contributed by atoms with E-state index in [4.69, 9.17) is 30.2 Å². The van der Waals surface area contributed by atoms with Crippen molar-refractivity contribution in [1.29, 1.82) is 0 Å². The highest BCUT2D eigenvalue weighted by atomic mass is 35.5. The molecule has 2 aromatic heterocycles. The first-order valence-corrected chi connectivity index (χ1v) is 12.7. The van der Waals surface area contributed by atoms with E-state index in [1.54, 1.807) is 12.0 Å². The predicted molar refractivity (Wildman–Crippen MR) is 142 cm³/mol. The van der Waals surface area contributed by atoms with Gasteiger partial charge >= 0.3 is 6.03 Å². The molecule has 0 atom stereocenters. The van der Waals surface area contributed by atoms with Crippen LogP contribution in [0.25, 0.3) is 11.2 Å². The fourth-order valence-electron chi connectivity index (χ4n) is 4.16. The molecule has 1 saturated heterocycles. The quantitative estimate of drug-likeness (QED) is 0.415. The maximum absolute atomic E-state index is 13.0. The van der Waals surface area contributed by atoms with E-state index in [0.29, 0.717) is 38.3 Å². The first-order valence-electron chi connectivity index (χ1n) is 12.3. The van der Waals surface area contributed by atoms with Crippen LogP contribution in [0.5, 0.6) is 17.4 Å². The Balaban J connectivity index is 1.37. The monoisotopic (exact) mass is 532 g/mol. The lowest BCUT2D eigenvalue weighted by atomic mass is 10.2. The Morgan fingerprint density at radius 1 is 1.05 bits per heavy atom. The number of carbonyl (C=O) groups excluding carboxylic acids is 1. The number of nitrogens with one attached hydrogen (secondary N) is 1. The number of fused-ring (bicyclic) bond motifs is 1. The van der Waals surface area contributed by atoms with Crippen molar-refractivity contribution in [2.45, 2.75) is 13.8 Å². The van der Waals surface area contributed by atoms with Gasteiger partial charge in [-0.1, -0.05) is 13.8 Å². The molecule has 12 heteroatoms. The summed E-state index contributed by atoms with van der Waals surface area (Å²) in [5.74, 6) is 1.85. The lowest BCUT2D eigenvalue weighted by Gasteiger charge is -2.36. The summed E-state index contributed by atoms with van der Waals surface area (Å²) in [7, 11) is 3.09. The fraction of sp³-hybridized carbons (Fsp3) is 0.480. The van der Waals surface area contributed by atoms with Gasteiger partial charge in [0.05, 0.1) is 14.2 Å². The molecule has 1 N–H and O–H groups in total. The number of hydrogen-bond acceptors (Lipinski definition) is 9. The predicted octanol–water partition coefficient (Wildman–Crippen LogP) is 3.97. The zero-order chi connectivity index (χ0) is 26.4. The number of carbonyl (C=O) groups is 1. The van der Waals surface area contributed by atoms with Crippen LogP contribution in [0.15, 0.2) is 28.7 Å². The molecular formula is C25H33ClN6O5. The first kappa shape index (κ1) is 26.6. The minimum Gasteiger partial charge on any atom is -0.497 e. The lowest BCUT2D eigenvalue weighted by molar-refractivity contribution is 0.208. The molecule has 1 aromatic carbocycles. The van der Waals surface area contributed by atoms with Crippen molar-refractivity contribution in [2.75, 3.05) is 76.9 Å². The average Bonchev–Trinajstić information content (AvgIpc) is 3.29. The number of anilines is 2. The molecule has 11 nitrogen and oxygen atoms in total. The van der Waals surface area contributed by atoms with E-state index in [0.717, 1.165) is 36.8 Å². The van der Waals surface area contributed by atoms with E-state index in [1.165, 1.54) is 13.2 Å². The number of hydrogen-bond donors (Lipinski definition) is 1. The lowest BCUT2D eigenvalue weighted by Crippen LogP contribution is -2.50. The maximum atomic E-state index is 13.0. The summed E-state index contributed by atoms with van der Waals surface area (Å²) in [5.41, 5.74) is 1.66. The van der Waals surface area contributed by atoms with Crippen LogP contribution in [0.3, 0.4) is 0 Å². The number of aromatic nitrogens is 2. The minimum absolute atomic E-state index is 0.149. The summed E-state index contributed by atoms with van der Waals surface area (Å²) >= 11 is 5.90. The molecule has 0 unspecified atom stereocenters. The van der Waals surface area contributed by atoms with Gasteiger partial charge in [0.25, 0.3) is 5.88 Å². The normalized spacial score (nSPS) is 13.8. The van der Waals surface area contributed by atoms with E-state index in [-0.39, 0.29) is 28.7 Å². The molecule has 0 spiro atoms. The van der Waals surface area contributed by atoms with E-state index < -0.39 is 0 Å². The molecule has 0 aliphatic carbocycles. The van der Waals surface area contributed by atoms with Crippen LogP contribution < -0.4 is 24.4 Å². The SMILES string of the molecule is CCN(CC)CCOc1cc(OC)cc(N2CCN(C(=O)Nc3nc4cc(Cl)oc4nc3OC)CC2)c1. The Bertz CT molecular complexity index is 1210. The van der Waals surface area contributed by atoms with Crippen LogP contribution >= 0.6 is 11.6 Å². The number of rotatable bonds is 10. The summed E-state index contributed by atoms with van der Waals surface area (Å²) in [4.78, 5) is 27.8. The second-order valence-corrected chi connectivity index (χ2v) is 8.84. The molecule has 37 heavy (non-hydrogen) atoms. The van der Waals surface area contributed by atoms with Crippen molar-refractivity contribution < 1.29 is 23.4 Å². The van der Waals surface area contributed by atoms with Crippen LogP contribution in [0.4, 0.5) is 16.3 Å². The van der Waals surface area contributed by atoms with Gasteiger partial charge in [0.1, 0.15) is 23.6 Å². The summed E-state index contributed by atoms with van der Waals surface area (Å²) in [5, 5.41) is 2.96. The highest BCUT2D eigenvalue weighted by Gasteiger charge is 2.24. The average molecular weight is 533 g/mol. The Morgan fingerprint density at radius 3 is 2.46 bits per heavy atom. The fourth-order valence-corrected chi connectivity index (χ4v) is 4.34. The van der Waals surface area contributed by atoms with Gasteiger partial charge in [0.2, 0.25) is 5.71 Å². The zero-order valence-corrected chi connectivity index (χ0v) is 22.4. The maximum Gasteiger partial charge on any atom is 0.323 e. The zero-order valence-electron chi connectivity index (χ0n) is 21.6. The Hall–Kier alpha value is -3.44. The smallest absolute Gasteiger partial charge is 0.323 e. The highest BCUT2D eigenvalue weighted by Crippen LogP contribution is 2.30. The number of halogens is 1. The number of ether oxygens (including phenoxy) is 3. The minimum atomic E-state index is -0.285. The summed E-state index contributed by atoms with van der Waals surface area (Å²) in [6, 6.07) is 7.15. The number of nitrogens with zero attached hydrogens (tertiary/aromatic N) is 5. The number of likely N-dealkylation sites (N-methyl/N-ethyl adjacent to an activating group) is 1. The van der Waals surface area contributed by atoms with Crippen molar-refractivity contribution in [3.63, 3.8) is 0 Å². The van der Waals surface area contributed by atoms with Gasteiger partial charge in [-0.15, -0.1) is 0 Å². The first-order chi connectivity index (χ1) is 17.9. The number of urea groups is 1. The van der Waals surface area contributed by atoms with E-state index in [9.17, 15) is 4.79 Å². The molecule has 0 bridgehead atoms. The van der Waals surface area contributed by atoms with Gasteiger partial charge in [-0.2, -0.15) is 4.98 Å². The number of methoxy groups -OCH3 is 2. The molecule has 0 saturated carbocycles. The van der Waals surface area contributed by atoms with Gasteiger partial charge in [-0.25, -0.2) is 9.78 Å². The largest absolute Gasteiger partial charge is 0.497 e. The molecule has 4 rings (SSSR count). The van der Waals surface area contributed by atoms with Crippen molar-refractivity contribution in [2.24, 2.45) is 0 Å².